The number of nitrogens with zero attached hydrogens (tertiary/aromatic N) is 1. The summed E-state index contributed by atoms with van der Waals surface area (Å²) in [7, 11) is 0. The van der Waals surface area contributed by atoms with Gasteiger partial charge in [-0.2, -0.15) is 0 Å². The molecular formula is C13H14N2. The van der Waals surface area contributed by atoms with E-state index in [1.165, 1.54) is 5.56 Å². The number of hydrogen-bond acceptors (Lipinski definition) is 2. The number of benzene rings is 1. The van der Waals surface area contributed by atoms with Crippen LogP contribution in [0.3, 0.4) is 0 Å². The standard InChI is InChI=1S/C13H14N2/c1-11(12-6-3-2-4-7-12)15-13-8-5-9-14-10-13/h2-11,15H,1H3/t11-/m0/s1. The Morgan fingerprint density at radius 2 is 1.87 bits per heavy atom. The van der Waals surface area contributed by atoms with E-state index >= 15 is 0 Å². The summed E-state index contributed by atoms with van der Waals surface area (Å²) in [5.41, 5.74) is 2.33. The van der Waals surface area contributed by atoms with Crippen molar-refractivity contribution in [2.45, 2.75) is 13.0 Å². The summed E-state index contributed by atoms with van der Waals surface area (Å²) in [6.45, 7) is 2.14. The molecule has 1 N–H and O–H groups in total. The maximum Gasteiger partial charge on any atom is 0.0531 e. The fraction of sp³-hybridized carbons (Fsp3) is 0.154. The van der Waals surface area contributed by atoms with E-state index in [9.17, 15) is 0 Å². The van der Waals surface area contributed by atoms with Crippen molar-refractivity contribution in [1.29, 1.82) is 0 Å². The summed E-state index contributed by atoms with van der Waals surface area (Å²) >= 11 is 0. The van der Waals surface area contributed by atoms with E-state index in [0.717, 1.165) is 5.69 Å². The van der Waals surface area contributed by atoms with Gasteiger partial charge in [-0.1, -0.05) is 30.3 Å². The minimum absolute atomic E-state index is 0.301. The van der Waals surface area contributed by atoms with Gasteiger partial charge in [-0.25, -0.2) is 0 Å². The predicted octanol–water partition coefficient (Wildman–Crippen LogP) is 3.25. The Balaban J connectivity index is 2.08. The zero-order valence-corrected chi connectivity index (χ0v) is 8.72. The average molecular weight is 198 g/mol. The van der Waals surface area contributed by atoms with E-state index in [-0.39, 0.29) is 0 Å². The largest absolute Gasteiger partial charge is 0.377 e. The number of nitrogens with one attached hydrogen (secondary N) is 1. The molecule has 0 radical (unpaired) electrons. The molecular weight excluding hydrogens is 184 g/mol. The smallest absolute Gasteiger partial charge is 0.0531 e. The number of aromatic nitrogens is 1. The number of hydrogen-bond donors (Lipinski definition) is 1. The third kappa shape index (κ3) is 2.56. The Morgan fingerprint density at radius 1 is 1.07 bits per heavy atom. The Labute approximate surface area is 90.0 Å². The van der Waals surface area contributed by atoms with Gasteiger partial charge in [0.2, 0.25) is 0 Å². The van der Waals surface area contributed by atoms with Crippen molar-refractivity contribution in [3.05, 3.63) is 60.4 Å². The molecule has 0 spiro atoms. The molecule has 0 aliphatic heterocycles. The molecule has 0 aliphatic carbocycles. The first-order valence-electron chi connectivity index (χ1n) is 5.08. The lowest BCUT2D eigenvalue weighted by Crippen LogP contribution is -2.06. The monoisotopic (exact) mass is 198 g/mol. The first-order chi connectivity index (χ1) is 7.36. The van der Waals surface area contributed by atoms with E-state index in [0.29, 0.717) is 6.04 Å². The molecule has 15 heavy (non-hydrogen) atoms. The number of pyridine rings is 1. The normalized spacial score (nSPS) is 12.1. The minimum atomic E-state index is 0.301. The van der Waals surface area contributed by atoms with Crippen LogP contribution in [0.15, 0.2) is 54.9 Å². The van der Waals surface area contributed by atoms with Gasteiger partial charge in [0.25, 0.3) is 0 Å². The molecule has 2 aromatic rings. The van der Waals surface area contributed by atoms with Gasteiger partial charge in [-0.05, 0) is 24.6 Å². The van der Waals surface area contributed by atoms with Crippen LogP contribution in [0.4, 0.5) is 5.69 Å². The van der Waals surface area contributed by atoms with E-state index in [2.05, 4.69) is 41.5 Å². The van der Waals surface area contributed by atoms with E-state index < -0.39 is 0 Å². The molecule has 2 heteroatoms. The number of rotatable bonds is 3. The molecule has 0 unspecified atom stereocenters. The van der Waals surface area contributed by atoms with Crippen LogP contribution in [0.1, 0.15) is 18.5 Å². The fourth-order valence-electron chi connectivity index (χ4n) is 1.52. The molecule has 0 bridgehead atoms. The van der Waals surface area contributed by atoms with E-state index in [1.807, 2.05) is 24.4 Å². The highest BCUT2D eigenvalue weighted by atomic mass is 14.9. The fourth-order valence-corrected chi connectivity index (χ4v) is 1.52. The van der Waals surface area contributed by atoms with Gasteiger partial charge in [0.1, 0.15) is 0 Å². The van der Waals surface area contributed by atoms with Crippen LogP contribution >= 0.6 is 0 Å². The van der Waals surface area contributed by atoms with E-state index in [1.54, 1.807) is 6.20 Å². The van der Waals surface area contributed by atoms with Gasteiger partial charge in [-0.3, -0.25) is 4.98 Å². The second-order valence-corrected chi connectivity index (χ2v) is 3.52. The topological polar surface area (TPSA) is 24.9 Å². The van der Waals surface area contributed by atoms with Gasteiger partial charge in [-0.15, -0.1) is 0 Å². The Morgan fingerprint density at radius 3 is 2.53 bits per heavy atom. The van der Waals surface area contributed by atoms with Crippen molar-refractivity contribution in [1.82, 2.24) is 4.98 Å². The van der Waals surface area contributed by atoms with Crippen LogP contribution in [0.5, 0.6) is 0 Å². The highest BCUT2D eigenvalue weighted by molar-refractivity contribution is 5.42. The summed E-state index contributed by atoms with van der Waals surface area (Å²) in [5.74, 6) is 0. The zero-order chi connectivity index (χ0) is 10.5. The zero-order valence-electron chi connectivity index (χ0n) is 8.72. The third-order valence-corrected chi connectivity index (χ3v) is 2.34. The molecule has 2 rings (SSSR count). The summed E-state index contributed by atoms with van der Waals surface area (Å²) in [5, 5.41) is 3.40. The summed E-state index contributed by atoms with van der Waals surface area (Å²) < 4.78 is 0. The molecule has 0 saturated carbocycles. The van der Waals surface area contributed by atoms with Gasteiger partial charge in [0, 0.05) is 18.4 Å². The van der Waals surface area contributed by atoms with Crippen molar-refractivity contribution in [2.24, 2.45) is 0 Å². The Hall–Kier alpha value is -1.83. The maximum absolute atomic E-state index is 4.07. The van der Waals surface area contributed by atoms with Crippen LogP contribution in [-0.2, 0) is 0 Å². The van der Waals surface area contributed by atoms with Gasteiger partial charge >= 0.3 is 0 Å². The van der Waals surface area contributed by atoms with Crippen molar-refractivity contribution in [3.8, 4) is 0 Å². The van der Waals surface area contributed by atoms with Crippen LogP contribution < -0.4 is 5.32 Å². The lowest BCUT2D eigenvalue weighted by molar-refractivity contribution is 0.883. The molecule has 2 nitrogen and oxygen atoms in total. The maximum atomic E-state index is 4.07. The van der Waals surface area contributed by atoms with Crippen LogP contribution in [0.2, 0.25) is 0 Å². The molecule has 0 fully saturated rings. The Kier molecular flexibility index (Phi) is 2.98. The lowest BCUT2D eigenvalue weighted by atomic mass is 10.1. The molecule has 0 aliphatic rings. The average Bonchev–Trinajstić information content (AvgIpc) is 2.31. The van der Waals surface area contributed by atoms with Gasteiger partial charge in [0.05, 0.1) is 5.69 Å². The first-order valence-corrected chi connectivity index (χ1v) is 5.08. The van der Waals surface area contributed by atoms with Crippen LogP contribution in [0.25, 0.3) is 0 Å². The second kappa shape index (κ2) is 4.60. The SMILES string of the molecule is C[C@H](Nc1cccnc1)c1ccccc1. The first kappa shape index (κ1) is 9.71. The number of anilines is 1. The lowest BCUT2D eigenvalue weighted by Gasteiger charge is -2.14. The summed E-state index contributed by atoms with van der Waals surface area (Å²) in [4.78, 5) is 4.07. The highest BCUT2D eigenvalue weighted by Gasteiger charge is 2.03. The van der Waals surface area contributed by atoms with Crippen molar-refractivity contribution < 1.29 is 0 Å². The van der Waals surface area contributed by atoms with Gasteiger partial charge < -0.3 is 5.32 Å². The third-order valence-electron chi connectivity index (χ3n) is 2.34. The predicted molar refractivity (Wildman–Crippen MR) is 62.7 cm³/mol. The quantitative estimate of drug-likeness (QED) is 0.818. The van der Waals surface area contributed by atoms with Crippen LogP contribution in [0, 0.1) is 0 Å². The van der Waals surface area contributed by atoms with Crippen molar-refractivity contribution in [2.75, 3.05) is 5.32 Å². The molecule has 1 heterocycles. The molecule has 0 amide bonds. The molecule has 1 aromatic carbocycles. The molecule has 76 valence electrons. The molecule has 1 atom stereocenters. The Bertz CT molecular complexity index is 397. The van der Waals surface area contributed by atoms with Gasteiger partial charge in [0.15, 0.2) is 0 Å². The minimum Gasteiger partial charge on any atom is -0.377 e. The van der Waals surface area contributed by atoms with E-state index in [4.69, 9.17) is 0 Å². The highest BCUT2D eigenvalue weighted by Crippen LogP contribution is 2.17. The van der Waals surface area contributed by atoms with Crippen LogP contribution in [-0.4, -0.2) is 4.98 Å². The molecule has 0 saturated heterocycles. The summed E-state index contributed by atoms with van der Waals surface area (Å²) in [6, 6.07) is 14.6. The second-order valence-electron chi connectivity index (χ2n) is 3.52. The van der Waals surface area contributed by atoms with Crippen molar-refractivity contribution in [3.63, 3.8) is 0 Å². The van der Waals surface area contributed by atoms with Crippen molar-refractivity contribution >= 4 is 5.69 Å². The summed E-state index contributed by atoms with van der Waals surface area (Å²) in [6.07, 6.45) is 3.61. The molecule has 1 aromatic heterocycles.